The first-order valence-electron chi connectivity index (χ1n) is 16.6. The molecule has 1 aliphatic heterocycles. The minimum absolute atomic E-state index is 0.0153. The fourth-order valence-corrected chi connectivity index (χ4v) is 6.29. The van der Waals surface area contributed by atoms with Crippen molar-refractivity contribution in [2.24, 2.45) is 0 Å². The Kier molecular flexibility index (Phi) is 11.5. The van der Waals surface area contributed by atoms with E-state index in [-0.39, 0.29) is 64.3 Å². The zero-order chi connectivity index (χ0) is 35.9. The van der Waals surface area contributed by atoms with Crippen molar-refractivity contribution in [2.75, 3.05) is 55.0 Å². The molecule has 0 atom stereocenters. The van der Waals surface area contributed by atoms with E-state index in [1.165, 1.54) is 7.11 Å². The number of benzene rings is 3. The Labute approximate surface area is 294 Å². The number of carbonyl (C=O) groups is 1. The average Bonchev–Trinajstić information content (AvgIpc) is 3.09. The smallest absolute Gasteiger partial charge is 0.265 e. The minimum Gasteiger partial charge on any atom is -0.493 e. The molecular weight excluding hydrogens is 659 g/mol. The molecule has 0 saturated carbocycles. The van der Waals surface area contributed by atoms with E-state index in [0.29, 0.717) is 32.1 Å². The number of carbonyl (C=O) groups excluding carboxylic acids is 1. The molecule has 5 rings (SSSR count). The highest BCUT2D eigenvalue weighted by Crippen LogP contribution is 2.42. The highest BCUT2D eigenvalue weighted by molar-refractivity contribution is 7.92. The topological polar surface area (TPSA) is 141 Å². The lowest BCUT2D eigenvalue weighted by Crippen LogP contribution is -2.37. The van der Waals surface area contributed by atoms with Gasteiger partial charge in [-0.25, -0.2) is 8.42 Å². The number of morpholine rings is 1. The molecular formula is C37H45N5O7S. The summed E-state index contributed by atoms with van der Waals surface area (Å²) in [6, 6.07) is 21.2. The Morgan fingerprint density at radius 1 is 0.940 bits per heavy atom. The molecule has 1 amide bonds. The van der Waals surface area contributed by atoms with Crippen LogP contribution in [0.3, 0.4) is 0 Å². The van der Waals surface area contributed by atoms with E-state index < -0.39 is 10.0 Å². The van der Waals surface area contributed by atoms with E-state index in [0.717, 1.165) is 16.8 Å². The molecule has 1 saturated heterocycles. The number of sulfonamides is 1. The third kappa shape index (κ3) is 9.01. The van der Waals surface area contributed by atoms with Crippen LogP contribution in [0.25, 0.3) is 0 Å². The summed E-state index contributed by atoms with van der Waals surface area (Å²) in [5.74, 6) is 0.564. The largest absolute Gasteiger partial charge is 0.493 e. The van der Waals surface area contributed by atoms with Gasteiger partial charge in [0.15, 0.2) is 17.3 Å². The number of hydrogen-bond donors (Lipinski definition) is 2. The summed E-state index contributed by atoms with van der Waals surface area (Å²) in [4.78, 5) is 24.3. The van der Waals surface area contributed by atoms with Crippen LogP contribution >= 0.6 is 0 Å². The summed E-state index contributed by atoms with van der Waals surface area (Å²) in [6.07, 6.45) is -0.0153. The highest BCUT2D eigenvalue weighted by atomic mass is 32.2. The number of ether oxygens (including phenoxy) is 4. The quantitative estimate of drug-likeness (QED) is 0.154. The SMILES string of the molecule is COc1ccccc1Oc1c(NS(=O)(=O)c2ccc(C(C)(C)C)cc2)nc(N2CCOCC2)nc1OCCC(=O)Nc1ccccc1C(C)C. The first kappa shape index (κ1) is 36.4. The number of rotatable bonds is 13. The second kappa shape index (κ2) is 15.8. The first-order chi connectivity index (χ1) is 23.9. The molecule has 4 aromatic rings. The van der Waals surface area contributed by atoms with Crippen molar-refractivity contribution < 1.29 is 32.2 Å². The molecule has 0 bridgehead atoms. The number of methoxy groups -OCH3 is 1. The molecule has 0 spiro atoms. The maximum absolute atomic E-state index is 13.9. The molecule has 3 aromatic carbocycles. The predicted octanol–water partition coefficient (Wildman–Crippen LogP) is 6.74. The van der Waals surface area contributed by atoms with Crippen LogP contribution in [0.2, 0.25) is 0 Å². The molecule has 1 aromatic heterocycles. The number of nitrogens with zero attached hydrogens (tertiary/aromatic N) is 3. The summed E-state index contributed by atoms with van der Waals surface area (Å²) in [5.41, 5.74) is 2.58. The fourth-order valence-electron chi connectivity index (χ4n) is 5.28. The molecule has 2 heterocycles. The molecule has 1 aliphatic rings. The lowest BCUT2D eigenvalue weighted by Gasteiger charge is -2.28. The second-order valence-electron chi connectivity index (χ2n) is 13.1. The maximum atomic E-state index is 13.9. The Morgan fingerprint density at radius 2 is 1.60 bits per heavy atom. The Morgan fingerprint density at radius 3 is 2.26 bits per heavy atom. The summed E-state index contributed by atoms with van der Waals surface area (Å²) >= 11 is 0. The van der Waals surface area contributed by atoms with Gasteiger partial charge in [-0.05, 0) is 52.8 Å². The molecule has 0 aliphatic carbocycles. The summed E-state index contributed by atoms with van der Waals surface area (Å²) in [6.45, 7) is 12.0. The molecule has 0 radical (unpaired) electrons. The minimum atomic E-state index is -4.16. The van der Waals surface area contributed by atoms with Gasteiger partial charge in [0, 0.05) is 18.8 Å². The zero-order valence-corrected chi connectivity index (χ0v) is 30.2. The van der Waals surface area contributed by atoms with Crippen LogP contribution in [-0.2, 0) is 25.0 Å². The number of aromatic nitrogens is 2. The van der Waals surface area contributed by atoms with Crippen LogP contribution < -0.4 is 29.1 Å². The van der Waals surface area contributed by atoms with Gasteiger partial charge in [-0.2, -0.15) is 9.97 Å². The summed E-state index contributed by atoms with van der Waals surface area (Å²) in [7, 11) is -2.67. The van der Waals surface area contributed by atoms with Crippen LogP contribution in [0.5, 0.6) is 23.1 Å². The number of amides is 1. The van der Waals surface area contributed by atoms with E-state index in [1.54, 1.807) is 48.5 Å². The van der Waals surface area contributed by atoms with Crippen molar-refractivity contribution in [3.63, 3.8) is 0 Å². The number of para-hydroxylation sites is 3. The van der Waals surface area contributed by atoms with Gasteiger partial charge < -0.3 is 29.2 Å². The van der Waals surface area contributed by atoms with Crippen molar-refractivity contribution in [2.45, 2.75) is 57.3 Å². The number of hydrogen-bond acceptors (Lipinski definition) is 10. The fraction of sp³-hybridized carbons (Fsp3) is 0.378. The van der Waals surface area contributed by atoms with Gasteiger partial charge in [0.2, 0.25) is 17.6 Å². The van der Waals surface area contributed by atoms with Crippen molar-refractivity contribution in [1.29, 1.82) is 0 Å². The summed E-state index contributed by atoms with van der Waals surface area (Å²) in [5, 5.41) is 2.97. The summed E-state index contributed by atoms with van der Waals surface area (Å²) < 4.78 is 53.8. The van der Waals surface area contributed by atoms with E-state index in [2.05, 4.69) is 54.6 Å². The molecule has 12 nitrogen and oxygen atoms in total. The van der Waals surface area contributed by atoms with Crippen LogP contribution in [0.15, 0.2) is 77.7 Å². The normalized spacial score (nSPS) is 13.5. The molecule has 50 heavy (non-hydrogen) atoms. The number of anilines is 3. The van der Waals surface area contributed by atoms with Crippen LogP contribution in [0.4, 0.5) is 17.5 Å². The Hall–Kier alpha value is -4.88. The maximum Gasteiger partial charge on any atom is 0.265 e. The van der Waals surface area contributed by atoms with Crippen LogP contribution in [0.1, 0.15) is 58.1 Å². The van der Waals surface area contributed by atoms with Gasteiger partial charge in [-0.15, -0.1) is 0 Å². The lowest BCUT2D eigenvalue weighted by atomic mass is 9.87. The first-order valence-corrected chi connectivity index (χ1v) is 18.0. The van der Waals surface area contributed by atoms with Crippen molar-refractivity contribution >= 4 is 33.4 Å². The molecule has 1 fully saturated rings. The van der Waals surface area contributed by atoms with E-state index in [1.807, 2.05) is 29.2 Å². The van der Waals surface area contributed by atoms with Crippen LogP contribution in [-0.4, -0.2) is 64.3 Å². The van der Waals surface area contributed by atoms with Crippen molar-refractivity contribution in [3.05, 3.63) is 83.9 Å². The van der Waals surface area contributed by atoms with Gasteiger partial charge in [-0.1, -0.05) is 77.1 Å². The predicted molar refractivity (Wildman–Crippen MR) is 193 cm³/mol. The van der Waals surface area contributed by atoms with E-state index >= 15 is 0 Å². The zero-order valence-electron chi connectivity index (χ0n) is 29.4. The molecule has 2 N–H and O–H groups in total. The van der Waals surface area contributed by atoms with Gasteiger partial charge in [-0.3, -0.25) is 9.52 Å². The standard InChI is InChI=1S/C37H45N5O7S/c1-25(2)28-11-7-8-12-29(28)38-32(43)19-22-48-35-33(49-31-14-10-9-13-30(31)46-6)34(39-36(40-35)42-20-23-47-24-21-42)41-50(44,45)27-17-15-26(16-18-27)37(3,4)5/h7-18,25H,19-24H2,1-6H3,(H,38,43)(H,39,40,41). The monoisotopic (exact) mass is 703 g/mol. The Balaban J connectivity index is 1.51. The van der Waals surface area contributed by atoms with Gasteiger partial charge >= 0.3 is 0 Å². The van der Waals surface area contributed by atoms with Gasteiger partial charge in [0.1, 0.15) is 0 Å². The molecule has 266 valence electrons. The van der Waals surface area contributed by atoms with E-state index in [9.17, 15) is 13.2 Å². The second-order valence-corrected chi connectivity index (χ2v) is 14.8. The van der Waals surface area contributed by atoms with Gasteiger partial charge in [0.05, 0.1) is 38.2 Å². The van der Waals surface area contributed by atoms with E-state index in [4.69, 9.17) is 18.9 Å². The lowest BCUT2D eigenvalue weighted by molar-refractivity contribution is -0.116. The highest BCUT2D eigenvalue weighted by Gasteiger charge is 2.28. The third-order valence-corrected chi connectivity index (χ3v) is 9.44. The van der Waals surface area contributed by atoms with Crippen molar-refractivity contribution in [3.8, 4) is 23.1 Å². The Bertz CT molecular complexity index is 1890. The molecule has 13 heteroatoms. The van der Waals surface area contributed by atoms with Crippen LogP contribution in [0, 0.1) is 0 Å². The van der Waals surface area contributed by atoms with Gasteiger partial charge in [0.25, 0.3) is 15.9 Å². The number of nitrogens with one attached hydrogen (secondary N) is 2. The van der Waals surface area contributed by atoms with Crippen molar-refractivity contribution in [1.82, 2.24) is 9.97 Å². The third-order valence-electron chi connectivity index (χ3n) is 8.08. The molecule has 0 unspecified atom stereocenters. The average molecular weight is 704 g/mol.